The molecule has 2 aromatic heterocycles. The minimum Gasteiger partial charge on any atom is -0.365 e. The molecule has 0 aliphatic rings. The lowest BCUT2D eigenvalue weighted by molar-refractivity contribution is 0.100. The average Bonchev–Trinajstić information content (AvgIpc) is 3.07. The number of thiophene rings is 1. The standard InChI is InChI=1S/C25H23N3O2S/c1-4-17-15(3)31-25(22(17)23(26)29)28-24(30)19-13-21(16-9-7-8-14(2)12-16)27-20-11-6-5-10-18(19)20/h5-13H,4H2,1-3H3,(H2,26,29)(H,28,30). The zero-order valence-electron chi connectivity index (χ0n) is 17.7. The maximum absolute atomic E-state index is 13.4. The van der Waals surface area contributed by atoms with E-state index in [1.807, 2.05) is 69.3 Å². The summed E-state index contributed by atoms with van der Waals surface area (Å²) >= 11 is 1.38. The van der Waals surface area contributed by atoms with E-state index >= 15 is 0 Å². The van der Waals surface area contributed by atoms with Crippen LogP contribution in [0.1, 0.15) is 43.6 Å². The highest BCUT2D eigenvalue weighted by Crippen LogP contribution is 2.34. The van der Waals surface area contributed by atoms with E-state index in [4.69, 9.17) is 10.7 Å². The lowest BCUT2D eigenvalue weighted by Gasteiger charge is -2.11. The lowest BCUT2D eigenvalue weighted by atomic mass is 10.0. The molecule has 0 radical (unpaired) electrons. The number of hydrogen-bond acceptors (Lipinski definition) is 4. The number of hydrogen-bond donors (Lipinski definition) is 2. The first-order chi connectivity index (χ1) is 14.9. The molecule has 0 spiro atoms. The fraction of sp³-hybridized carbons (Fsp3) is 0.160. The van der Waals surface area contributed by atoms with E-state index in [0.29, 0.717) is 22.5 Å². The molecule has 0 atom stereocenters. The first kappa shape index (κ1) is 20.8. The van der Waals surface area contributed by atoms with Crippen LogP contribution in [-0.4, -0.2) is 16.8 Å². The van der Waals surface area contributed by atoms with Gasteiger partial charge < -0.3 is 11.1 Å². The molecular formula is C25H23N3O2S. The van der Waals surface area contributed by atoms with Gasteiger partial charge in [0.1, 0.15) is 5.00 Å². The van der Waals surface area contributed by atoms with Crippen molar-refractivity contribution in [1.29, 1.82) is 0 Å². The van der Waals surface area contributed by atoms with Gasteiger partial charge in [-0.2, -0.15) is 0 Å². The van der Waals surface area contributed by atoms with E-state index in [0.717, 1.165) is 38.2 Å². The van der Waals surface area contributed by atoms with Crippen LogP contribution in [0, 0.1) is 13.8 Å². The lowest BCUT2D eigenvalue weighted by Crippen LogP contribution is -2.18. The molecule has 156 valence electrons. The van der Waals surface area contributed by atoms with Gasteiger partial charge in [-0.25, -0.2) is 4.98 Å². The Morgan fingerprint density at radius 1 is 1.06 bits per heavy atom. The summed E-state index contributed by atoms with van der Waals surface area (Å²) in [7, 11) is 0. The maximum Gasteiger partial charge on any atom is 0.257 e. The van der Waals surface area contributed by atoms with Crippen LogP contribution < -0.4 is 11.1 Å². The Morgan fingerprint density at radius 3 is 2.55 bits per heavy atom. The molecule has 31 heavy (non-hydrogen) atoms. The number of nitrogens with two attached hydrogens (primary N) is 1. The second kappa shape index (κ2) is 8.32. The summed E-state index contributed by atoms with van der Waals surface area (Å²) in [5, 5.41) is 4.18. The van der Waals surface area contributed by atoms with E-state index in [9.17, 15) is 9.59 Å². The molecule has 0 saturated carbocycles. The van der Waals surface area contributed by atoms with Gasteiger partial charge in [0, 0.05) is 15.8 Å². The Labute approximate surface area is 184 Å². The topological polar surface area (TPSA) is 85.1 Å². The quantitative estimate of drug-likeness (QED) is 0.440. The van der Waals surface area contributed by atoms with Crippen LogP contribution in [0.5, 0.6) is 0 Å². The molecule has 0 aliphatic carbocycles. The van der Waals surface area contributed by atoms with E-state index in [2.05, 4.69) is 5.32 Å². The van der Waals surface area contributed by atoms with Crippen LogP contribution in [0.4, 0.5) is 5.00 Å². The molecule has 2 amide bonds. The highest BCUT2D eigenvalue weighted by molar-refractivity contribution is 7.16. The fourth-order valence-corrected chi connectivity index (χ4v) is 4.98. The first-order valence-corrected chi connectivity index (χ1v) is 10.9. The molecule has 0 aliphatic heterocycles. The number of anilines is 1. The fourth-order valence-electron chi connectivity index (χ4n) is 3.84. The average molecular weight is 430 g/mol. The van der Waals surface area contributed by atoms with E-state index < -0.39 is 5.91 Å². The Hall–Kier alpha value is -3.51. The molecule has 2 heterocycles. The zero-order chi connectivity index (χ0) is 22.1. The molecule has 5 nitrogen and oxygen atoms in total. The number of carbonyl (C=O) groups is 2. The molecule has 2 aromatic carbocycles. The molecular weight excluding hydrogens is 406 g/mol. The predicted octanol–water partition coefficient (Wildman–Crippen LogP) is 5.49. The van der Waals surface area contributed by atoms with Crippen molar-refractivity contribution in [2.75, 3.05) is 5.32 Å². The number of benzene rings is 2. The summed E-state index contributed by atoms with van der Waals surface area (Å²) in [6, 6.07) is 17.4. The first-order valence-electron chi connectivity index (χ1n) is 10.1. The number of pyridine rings is 1. The highest BCUT2D eigenvalue weighted by atomic mass is 32.1. The van der Waals surface area contributed by atoms with Crippen LogP contribution in [-0.2, 0) is 6.42 Å². The van der Waals surface area contributed by atoms with Gasteiger partial charge in [0.2, 0.25) is 0 Å². The number of nitrogens with zero attached hydrogens (tertiary/aromatic N) is 1. The summed E-state index contributed by atoms with van der Waals surface area (Å²) in [6.45, 7) is 5.93. The summed E-state index contributed by atoms with van der Waals surface area (Å²) in [5.74, 6) is -0.824. The minimum atomic E-state index is -0.531. The van der Waals surface area contributed by atoms with Gasteiger partial charge in [0.25, 0.3) is 11.8 Å². The Kier molecular flexibility index (Phi) is 5.57. The van der Waals surface area contributed by atoms with Gasteiger partial charge in [-0.05, 0) is 44.0 Å². The number of aryl methyl sites for hydroxylation is 2. The van der Waals surface area contributed by atoms with Crippen molar-refractivity contribution in [3.63, 3.8) is 0 Å². The van der Waals surface area contributed by atoms with Crippen LogP contribution in [0.15, 0.2) is 54.6 Å². The monoisotopic (exact) mass is 429 g/mol. The van der Waals surface area contributed by atoms with Crippen molar-refractivity contribution in [1.82, 2.24) is 4.98 Å². The van der Waals surface area contributed by atoms with Gasteiger partial charge in [0.15, 0.2) is 0 Å². The van der Waals surface area contributed by atoms with Crippen molar-refractivity contribution >= 4 is 39.1 Å². The van der Waals surface area contributed by atoms with Crippen molar-refractivity contribution in [2.24, 2.45) is 5.73 Å². The van der Waals surface area contributed by atoms with Crippen LogP contribution in [0.3, 0.4) is 0 Å². The molecule has 4 aromatic rings. The summed E-state index contributed by atoms with van der Waals surface area (Å²) < 4.78 is 0. The van der Waals surface area contributed by atoms with Crippen molar-refractivity contribution in [2.45, 2.75) is 27.2 Å². The van der Waals surface area contributed by atoms with Gasteiger partial charge in [0.05, 0.1) is 22.3 Å². The maximum atomic E-state index is 13.4. The largest absolute Gasteiger partial charge is 0.365 e. The smallest absolute Gasteiger partial charge is 0.257 e. The SMILES string of the molecule is CCc1c(C)sc(NC(=O)c2cc(-c3cccc(C)c3)nc3ccccc23)c1C(N)=O. The van der Waals surface area contributed by atoms with Crippen molar-refractivity contribution in [3.05, 3.63) is 81.7 Å². The molecule has 3 N–H and O–H groups in total. The van der Waals surface area contributed by atoms with Crippen molar-refractivity contribution in [3.8, 4) is 11.3 Å². The number of carbonyl (C=O) groups excluding carboxylic acids is 2. The summed E-state index contributed by atoms with van der Waals surface area (Å²) in [6.07, 6.45) is 0.673. The van der Waals surface area contributed by atoms with Gasteiger partial charge in [-0.15, -0.1) is 11.3 Å². The third-order valence-corrected chi connectivity index (χ3v) is 6.37. The van der Waals surface area contributed by atoms with E-state index in [-0.39, 0.29) is 5.91 Å². The molecule has 0 unspecified atom stereocenters. The number of fused-ring (bicyclic) bond motifs is 1. The van der Waals surface area contributed by atoms with E-state index in [1.54, 1.807) is 6.07 Å². The molecule has 4 rings (SSSR count). The Balaban J connectivity index is 1.83. The van der Waals surface area contributed by atoms with Gasteiger partial charge in [-0.1, -0.05) is 48.9 Å². The van der Waals surface area contributed by atoms with Gasteiger partial charge >= 0.3 is 0 Å². The third kappa shape index (κ3) is 3.94. The summed E-state index contributed by atoms with van der Waals surface area (Å²) in [4.78, 5) is 31.2. The molecule has 0 saturated heterocycles. The Bertz CT molecular complexity index is 1320. The van der Waals surface area contributed by atoms with Crippen molar-refractivity contribution < 1.29 is 9.59 Å². The van der Waals surface area contributed by atoms with Gasteiger partial charge in [-0.3, -0.25) is 9.59 Å². The van der Waals surface area contributed by atoms with Crippen LogP contribution in [0.25, 0.3) is 22.2 Å². The number of rotatable bonds is 5. The number of primary amides is 1. The summed E-state index contributed by atoms with van der Waals surface area (Å²) in [5.41, 5.74) is 10.9. The highest BCUT2D eigenvalue weighted by Gasteiger charge is 2.22. The number of amides is 2. The van der Waals surface area contributed by atoms with Crippen LogP contribution >= 0.6 is 11.3 Å². The number of nitrogens with one attached hydrogen (secondary N) is 1. The second-order valence-corrected chi connectivity index (χ2v) is 8.68. The predicted molar refractivity (Wildman–Crippen MR) is 127 cm³/mol. The second-order valence-electron chi connectivity index (χ2n) is 7.45. The third-order valence-electron chi connectivity index (χ3n) is 5.31. The zero-order valence-corrected chi connectivity index (χ0v) is 18.5. The van der Waals surface area contributed by atoms with E-state index in [1.165, 1.54) is 11.3 Å². The molecule has 0 bridgehead atoms. The number of para-hydroxylation sites is 1. The van der Waals surface area contributed by atoms with Crippen LogP contribution in [0.2, 0.25) is 0 Å². The molecule has 6 heteroatoms. The minimum absolute atomic E-state index is 0.293. The number of aromatic nitrogens is 1. The normalized spacial score (nSPS) is 10.9. The Morgan fingerprint density at radius 2 is 1.84 bits per heavy atom. The molecule has 0 fully saturated rings.